The fourth-order valence-corrected chi connectivity index (χ4v) is 3.49. The van der Waals surface area contributed by atoms with Gasteiger partial charge in [0.2, 0.25) is 0 Å². The van der Waals surface area contributed by atoms with Gasteiger partial charge in [0.25, 0.3) is 0 Å². The highest BCUT2D eigenvalue weighted by Gasteiger charge is 2.28. The molecule has 1 saturated heterocycles. The first kappa shape index (κ1) is 16.5. The van der Waals surface area contributed by atoms with E-state index in [1.165, 1.54) is 12.1 Å². The number of rotatable bonds is 2. The van der Waals surface area contributed by atoms with Crippen molar-refractivity contribution in [3.63, 3.8) is 0 Å². The third-order valence-corrected chi connectivity index (χ3v) is 4.65. The molecule has 1 aliphatic heterocycles. The van der Waals surface area contributed by atoms with Crippen molar-refractivity contribution in [2.45, 2.75) is 19.1 Å². The van der Waals surface area contributed by atoms with E-state index in [2.05, 4.69) is 16.0 Å². The SMILES string of the molecule is CC1CN(c2cc(C#N)nc3ccccc23)CC(c2ccc(F)cc2)O1. The summed E-state index contributed by atoms with van der Waals surface area (Å²) in [6, 6.07) is 18.3. The first-order valence-electron chi connectivity index (χ1n) is 8.60. The van der Waals surface area contributed by atoms with Gasteiger partial charge in [-0.3, -0.25) is 0 Å². The third-order valence-electron chi connectivity index (χ3n) is 4.65. The molecule has 0 saturated carbocycles. The van der Waals surface area contributed by atoms with Gasteiger partial charge in [-0.1, -0.05) is 30.3 Å². The Balaban J connectivity index is 1.74. The Morgan fingerprint density at radius 1 is 1.15 bits per heavy atom. The fourth-order valence-electron chi connectivity index (χ4n) is 3.49. The zero-order valence-corrected chi connectivity index (χ0v) is 14.4. The predicted molar refractivity (Wildman–Crippen MR) is 98.4 cm³/mol. The topological polar surface area (TPSA) is 49.2 Å². The second kappa shape index (κ2) is 6.74. The molecule has 0 aliphatic carbocycles. The van der Waals surface area contributed by atoms with E-state index in [-0.39, 0.29) is 18.0 Å². The summed E-state index contributed by atoms with van der Waals surface area (Å²) >= 11 is 0. The van der Waals surface area contributed by atoms with E-state index in [0.717, 1.165) is 28.7 Å². The van der Waals surface area contributed by atoms with Gasteiger partial charge < -0.3 is 9.64 Å². The van der Waals surface area contributed by atoms with Crippen LogP contribution in [-0.4, -0.2) is 24.2 Å². The Kier molecular flexibility index (Phi) is 4.27. The smallest absolute Gasteiger partial charge is 0.143 e. The van der Waals surface area contributed by atoms with E-state index in [1.54, 1.807) is 12.1 Å². The van der Waals surface area contributed by atoms with Crippen LogP contribution in [0.2, 0.25) is 0 Å². The summed E-state index contributed by atoms with van der Waals surface area (Å²) in [5, 5.41) is 10.3. The van der Waals surface area contributed by atoms with Gasteiger partial charge >= 0.3 is 0 Å². The monoisotopic (exact) mass is 347 g/mol. The number of benzene rings is 2. The summed E-state index contributed by atoms with van der Waals surface area (Å²) in [6.07, 6.45) is -0.145. The van der Waals surface area contributed by atoms with Crippen molar-refractivity contribution in [2.24, 2.45) is 0 Å². The molecule has 5 heteroatoms. The number of nitrogens with zero attached hydrogens (tertiary/aromatic N) is 3. The molecule has 130 valence electrons. The molecule has 0 radical (unpaired) electrons. The Bertz CT molecular complexity index is 981. The van der Waals surface area contributed by atoms with Gasteiger partial charge in [0.1, 0.15) is 23.7 Å². The van der Waals surface area contributed by atoms with Crippen LogP contribution in [0.5, 0.6) is 0 Å². The van der Waals surface area contributed by atoms with Gasteiger partial charge in [0.15, 0.2) is 0 Å². The third kappa shape index (κ3) is 3.12. The molecule has 2 unspecified atom stereocenters. The summed E-state index contributed by atoms with van der Waals surface area (Å²) in [5.41, 5.74) is 3.13. The maximum atomic E-state index is 13.2. The lowest BCUT2D eigenvalue weighted by molar-refractivity contribution is -0.0173. The zero-order valence-electron chi connectivity index (χ0n) is 14.4. The number of aromatic nitrogens is 1. The maximum absolute atomic E-state index is 13.2. The normalized spacial score (nSPS) is 20.1. The first-order chi connectivity index (χ1) is 12.6. The molecule has 4 rings (SSSR count). The molecule has 4 nitrogen and oxygen atoms in total. The van der Waals surface area contributed by atoms with Crippen molar-refractivity contribution in [1.82, 2.24) is 4.98 Å². The molecule has 2 atom stereocenters. The summed E-state index contributed by atoms with van der Waals surface area (Å²) in [7, 11) is 0. The van der Waals surface area contributed by atoms with E-state index in [4.69, 9.17) is 4.74 Å². The molecule has 0 amide bonds. The zero-order chi connectivity index (χ0) is 18.1. The number of fused-ring (bicyclic) bond motifs is 1. The van der Waals surface area contributed by atoms with Crippen molar-refractivity contribution in [3.05, 3.63) is 71.7 Å². The van der Waals surface area contributed by atoms with Crippen molar-refractivity contribution < 1.29 is 9.13 Å². The molecular weight excluding hydrogens is 329 g/mol. The number of morpholine rings is 1. The molecule has 2 aromatic carbocycles. The second-order valence-electron chi connectivity index (χ2n) is 6.55. The number of hydrogen-bond acceptors (Lipinski definition) is 4. The average molecular weight is 347 g/mol. The van der Waals surface area contributed by atoms with Gasteiger partial charge in [0.05, 0.1) is 11.6 Å². The van der Waals surface area contributed by atoms with Gasteiger partial charge in [-0.05, 0) is 36.8 Å². The lowest BCUT2D eigenvalue weighted by Crippen LogP contribution is -2.43. The molecule has 1 aromatic heterocycles. The van der Waals surface area contributed by atoms with Crippen LogP contribution in [0.15, 0.2) is 54.6 Å². The molecule has 0 bridgehead atoms. The van der Waals surface area contributed by atoms with E-state index in [0.29, 0.717) is 12.2 Å². The number of halogens is 1. The Morgan fingerprint density at radius 3 is 2.69 bits per heavy atom. The van der Waals surface area contributed by atoms with Crippen LogP contribution in [0.4, 0.5) is 10.1 Å². The highest BCUT2D eigenvalue weighted by molar-refractivity contribution is 5.92. The molecule has 26 heavy (non-hydrogen) atoms. The van der Waals surface area contributed by atoms with Gasteiger partial charge in [0, 0.05) is 24.2 Å². The maximum Gasteiger partial charge on any atom is 0.143 e. The number of ether oxygens (including phenoxy) is 1. The number of hydrogen-bond donors (Lipinski definition) is 0. The number of nitriles is 1. The fraction of sp³-hybridized carbons (Fsp3) is 0.238. The van der Waals surface area contributed by atoms with Crippen LogP contribution in [-0.2, 0) is 4.74 Å². The molecular formula is C21H18FN3O. The predicted octanol–water partition coefficient (Wildman–Crippen LogP) is 4.21. The Labute approximate surface area is 151 Å². The summed E-state index contributed by atoms with van der Waals surface area (Å²) < 4.78 is 19.3. The largest absolute Gasteiger partial charge is 0.367 e. The molecule has 2 heterocycles. The Hall–Kier alpha value is -2.97. The highest BCUT2D eigenvalue weighted by atomic mass is 19.1. The van der Waals surface area contributed by atoms with Crippen molar-refractivity contribution >= 4 is 16.6 Å². The number of anilines is 1. The van der Waals surface area contributed by atoms with E-state index in [9.17, 15) is 9.65 Å². The van der Waals surface area contributed by atoms with Crippen LogP contribution in [0, 0.1) is 17.1 Å². The minimum atomic E-state index is -0.256. The molecule has 0 spiro atoms. The van der Waals surface area contributed by atoms with Gasteiger partial charge in [-0.25, -0.2) is 9.37 Å². The summed E-state index contributed by atoms with van der Waals surface area (Å²) in [5.74, 6) is -0.256. The average Bonchev–Trinajstić information content (AvgIpc) is 2.67. The molecule has 1 fully saturated rings. The van der Waals surface area contributed by atoms with Crippen LogP contribution < -0.4 is 4.90 Å². The van der Waals surface area contributed by atoms with E-state index in [1.807, 2.05) is 37.3 Å². The minimum absolute atomic E-state index is 0.0104. The molecule has 0 N–H and O–H groups in total. The minimum Gasteiger partial charge on any atom is -0.367 e. The standard InChI is InChI=1S/C21H18FN3O/c1-14-12-25(13-21(26-14)15-6-8-16(22)9-7-15)20-10-17(11-23)24-19-5-3-2-4-18(19)20/h2-10,14,21H,12-13H2,1H3. The van der Waals surface area contributed by atoms with E-state index < -0.39 is 0 Å². The second-order valence-corrected chi connectivity index (χ2v) is 6.55. The van der Waals surface area contributed by atoms with Crippen molar-refractivity contribution in [3.8, 4) is 6.07 Å². The molecule has 1 aliphatic rings. The lowest BCUT2D eigenvalue weighted by Gasteiger charge is -2.39. The summed E-state index contributed by atoms with van der Waals surface area (Å²) in [6.45, 7) is 3.38. The van der Waals surface area contributed by atoms with Gasteiger partial charge in [-0.2, -0.15) is 5.26 Å². The lowest BCUT2D eigenvalue weighted by atomic mass is 10.0. The number of para-hydroxylation sites is 1. The van der Waals surface area contributed by atoms with Gasteiger partial charge in [-0.15, -0.1) is 0 Å². The van der Waals surface area contributed by atoms with Crippen LogP contribution in [0.25, 0.3) is 10.9 Å². The quantitative estimate of drug-likeness (QED) is 0.697. The van der Waals surface area contributed by atoms with Crippen LogP contribution in [0.3, 0.4) is 0 Å². The Morgan fingerprint density at radius 2 is 1.92 bits per heavy atom. The summed E-state index contributed by atoms with van der Waals surface area (Å²) in [4.78, 5) is 6.62. The number of pyridine rings is 1. The van der Waals surface area contributed by atoms with Crippen LogP contribution >= 0.6 is 0 Å². The molecule has 3 aromatic rings. The van der Waals surface area contributed by atoms with Crippen molar-refractivity contribution in [2.75, 3.05) is 18.0 Å². The first-order valence-corrected chi connectivity index (χ1v) is 8.60. The van der Waals surface area contributed by atoms with Crippen molar-refractivity contribution in [1.29, 1.82) is 5.26 Å². The van der Waals surface area contributed by atoms with E-state index >= 15 is 0 Å². The van der Waals surface area contributed by atoms with Crippen LogP contribution in [0.1, 0.15) is 24.3 Å². The highest BCUT2D eigenvalue weighted by Crippen LogP contribution is 2.33.